The van der Waals surface area contributed by atoms with Crippen LogP contribution in [0.2, 0.25) is 0 Å². The molecular formula is C27H29F3N4O4. The molecule has 202 valence electrons. The highest BCUT2D eigenvalue weighted by Gasteiger charge is 2.24. The average molecular weight is 531 g/mol. The Hall–Kier alpha value is -3.83. The Kier molecular flexibility index (Phi) is 9.39. The van der Waals surface area contributed by atoms with E-state index in [-0.39, 0.29) is 37.8 Å². The van der Waals surface area contributed by atoms with Crippen LogP contribution in [0.1, 0.15) is 11.3 Å². The van der Waals surface area contributed by atoms with Crippen LogP contribution in [0, 0.1) is 17.5 Å². The van der Waals surface area contributed by atoms with Gasteiger partial charge < -0.3 is 24.3 Å². The van der Waals surface area contributed by atoms with Gasteiger partial charge in [0.1, 0.15) is 29.8 Å². The zero-order valence-electron chi connectivity index (χ0n) is 20.7. The summed E-state index contributed by atoms with van der Waals surface area (Å²) in [6.45, 7) is 3.16. The van der Waals surface area contributed by atoms with E-state index in [9.17, 15) is 22.8 Å². The lowest BCUT2D eigenvalue weighted by Gasteiger charge is -2.31. The minimum atomic E-state index is -0.923. The summed E-state index contributed by atoms with van der Waals surface area (Å²) in [4.78, 5) is 31.6. The smallest absolute Gasteiger partial charge is 0.322 e. The van der Waals surface area contributed by atoms with Crippen LogP contribution in [0.15, 0.2) is 65.3 Å². The molecule has 0 atom stereocenters. The Morgan fingerprint density at radius 2 is 1.66 bits per heavy atom. The third kappa shape index (κ3) is 7.83. The van der Waals surface area contributed by atoms with Gasteiger partial charge in [-0.2, -0.15) is 0 Å². The van der Waals surface area contributed by atoms with E-state index in [2.05, 4.69) is 10.2 Å². The highest BCUT2D eigenvalue weighted by molar-refractivity contribution is 5.92. The van der Waals surface area contributed by atoms with Crippen molar-refractivity contribution in [2.45, 2.75) is 13.1 Å². The fourth-order valence-electron chi connectivity index (χ4n) is 4.02. The van der Waals surface area contributed by atoms with Crippen molar-refractivity contribution in [3.63, 3.8) is 0 Å². The van der Waals surface area contributed by atoms with Crippen LogP contribution in [0.5, 0.6) is 0 Å². The van der Waals surface area contributed by atoms with Crippen LogP contribution in [0.3, 0.4) is 0 Å². The maximum absolute atomic E-state index is 14.2. The van der Waals surface area contributed by atoms with E-state index in [0.717, 1.165) is 12.1 Å². The third-order valence-corrected chi connectivity index (χ3v) is 6.14. The minimum Gasteiger partial charge on any atom is -0.467 e. The fraction of sp³-hybridized carbons (Fsp3) is 0.333. The zero-order valence-corrected chi connectivity index (χ0v) is 20.7. The molecule has 0 aliphatic carbocycles. The van der Waals surface area contributed by atoms with Gasteiger partial charge in [0.25, 0.3) is 0 Å². The van der Waals surface area contributed by atoms with Crippen molar-refractivity contribution in [3.8, 4) is 0 Å². The number of morpholine rings is 1. The number of hydrogen-bond acceptors (Lipinski definition) is 5. The summed E-state index contributed by atoms with van der Waals surface area (Å²) in [5.74, 6) is -1.93. The van der Waals surface area contributed by atoms with E-state index < -0.39 is 23.5 Å². The van der Waals surface area contributed by atoms with Crippen LogP contribution in [0.25, 0.3) is 0 Å². The monoisotopic (exact) mass is 530 g/mol. The summed E-state index contributed by atoms with van der Waals surface area (Å²) < 4.78 is 51.7. The predicted octanol–water partition coefficient (Wildman–Crippen LogP) is 4.09. The zero-order chi connectivity index (χ0) is 26.9. The second kappa shape index (κ2) is 13.1. The summed E-state index contributed by atoms with van der Waals surface area (Å²) in [5.41, 5.74) is 0.503. The molecule has 2 heterocycles. The highest BCUT2D eigenvalue weighted by Crippen LogP contribution is 2.17. The van der Waals surface area contributed by atoms with Crippen LogP contribution < -0.4 is 5.32 Å². The van der Waals surface area contributed by atoms with Crippen molar-refractivity contribution >= 4 is 17.6 Å². The standard InChI is InChI=1S/C27H29F3N4O4/c28-21-5-3-20(4-6-21)17-34(18-23-2-1-13-38-23)26(35)19-33(10-9-32-11-14-37-15-12-32)27(36)31-25-8-7-22(29)16-24(25)30/h1-8,13,16H,9-12,14-15,17-19H2,(H,31,36). The summed E-state index contributed by atoms with van der Waals surface area (Å²) in [6.07, 6.45) is 1.50. The minimum absolute atomic E-state index is 0.134. The van der Waals surface area contributed by atoms with E-state index in [1.165, 1.54) is 28.2 Å². The number of benzene rings is 2. The lowest BCUT2D eigenvalue weighted by Crippen LogP contribution is -2.48. The maximum Gasteiger partial charge on any atom is 0.322 e. The van der Waals surface area contributed by atoms with E-state index in [1.807, 2.05) is 0 Å². The molecule has 1 aliphatic rings. The number of anilines is 1. The molecular weight excluding hydrogens is 501 g/mol. The second-order valence-electron chi connectivity index (χ2n) is 8.89. The quantitative estimate of drug-likeness (QED) is 0.427. The molecule has 2 aromatic carbocycles. The maximum atomic E-state index is 14.2. The molecule has 0 spiro atoms. The van der Waals surface area contributed by atoms with Gasteiger partial charge in [-0.05, 0) is 42.0 Å². The number of carbonyl (C=O) groups excluding carboxylic acids is 2. The molecule has 3 aromatic rings. The summed E-state index contributed by atoms with van der Waals surface area (Å²) in [6, 6.07) is 11.4. The summed E-state index contributed by atoms with van der Waals surface area (Å²) in [5, 5.41) is 2.44. The van der Waals surface area contributed by atoms with Crippen molar-refractivity contribution in [2.24, 2.45) is 0 Å². The summed E-state index contributed by atoms with van der Waals surface area (Å²) >= 11 is 0. The lowest BCUT2D eigenvalue weighted by molar-refractivity contribution is -0.133. The predicted molar refractivity (Wildman–Crippen MR) is 134 cm³/mol. The number of nitrogens with zero attached hydrogens (tertiary/aromatic N) is 3. The van der Waals surface area contributed by atoms with E-state index in [4.69, 9.17) is 9.15 Å². The molecule has 1 aliphatic heterocycles. The molecule has 11 heteroatoms. The topological polar surface area (TPSA) is 78.3 Å². The van der Waals surface area contributed by atoms with Crippen molar-refractivity contribution in [1.82, 2.24) is 14.7 Å². The Labute approximate surface area is 218 Å². The summed E-state index contributed by atoms with van der Waals surface area (Å²) in [7, 11) is 0. The van der Waals surface area contributed by atoms with Crippen LogP contribution in [-0.4, -0.2) is 72.6 Å². The van der Waals surface area contributed by atoms with Crippen molar-refractivity contribution in [1.29, 1.82) is 0 Å². The number of urea groups is 1. The first kappa shape index (κ1) is 27.2. The van der Waals surface area contributed by atoms with Gasteiger partial charge in [-0.3, -0.25) is 9.69 Å². The Balaban J connectivity index is 1.50. The van der Waals surface area contributed by atoms with E-state index >= 15 is 0 Å². The average Bonchev–Trinajstić information content (AvgIpc) is 3.42. The SMILES string of the molecule is O=C(CN(CCN1CCOCC1)C(=O)Nc1ccc(F)cc1F)N(Cc1ccc(F)cc1)Cc1ccco1. The largest absolute Gasteiger partial charge is 0.467 e. The first-order valence-electron chi connectivity index (χ1n) is 12.2. The first-order valence-corrected chi connectivity index (χ1v) is 12.2. The second-order valence-corrected chi connectivity index (χ2v) is 8.89. The van der Waals surface area contributed by atoms with Gasteiger partial charge in [0.2, 0.25) is 5.91 Å². The molecule has 38 heavy (non-hydrogen) atoms. The molecule has 1 N–H and O–H groups in total. The van der Waals surface area contributed by atoms with Gasteiger partial charge in [-0.1, -0.05) is 12.1 Å². The third-order valence-electron chi connectivity index (χ3n) is 6.14. The molecule has 1 aromatic heterocycles. The number of hydrogen-bond donors (Lipinski definition) is 1. The van der Waals surface area contributed by atoms with Crippen LogP contribution >= 0.6 is 0 Å². The fourth-order valence-corrected chi connectivity index (χ4v) is 4.02. The molecule has 0 unspecified atom stereocenters. The number of amides is 3. The van der Waals surface area contributed by atoms with Gasteiger partial charge in [0.05, 0.1) is 31.7 Å². The molecule has 0 radical (unpaired) electrons. The first-order chi connectivity index (χ1) is 18.4. The van der Waals surface area contributed by atoms with Crippen LogP contribution in [-0.2, 0) is 22.6 Å². The Bertz CT molecular complexity index is 1200. The normalized spacial score (nSPS) is 13.8. The van der Waals surface area contributed by atoms with Crippen molar-refractivity contribution < 1.29 is 31.9 Å². The molecule has 4 rings (SSSR count). The molecule has 1 fully saturated rings. The Morgan fingerprint density at radius 1 is 0.921 bits per heavy atom. The molecule has 1 saturated heterocycles. The van der Waals surface area contributed by atoms with Gasteiger partial charge in [-0.25, -0.2) is 18.0 Å². The van der Waals surface area contributed by atoms with Gasteiger partial charge >= 0.3 is 6.03 Å². The number of ether oxygens (including phenoxy) is 1. The number of rotatable bonds is 10. The van der Waals surface area contributed by atoms with Crippen LogP contribution in [0.4, 0.5) is 23.7 Å². The number of furan rings is 1. The van der Waals surface area contributed by atoms with E-state index in [1.54, 1.807) is 24.3 Å². The highest BCUT2D eigenvalue weighted by atomic mass is 19.1. The number of halogens is 3. The molecule has 0 saturated carbocycles. The lowest BCUT2D eigenvalue weighted by atomic mass is 10.2. The van der Waals surface area contributed by atoms with Gasteiger partial charge in [0.15, 0.2) is 0 Å². The molecule has 8 nitrogen and oxygen atoms in total. The number of nitrogens with one attached hydrogen (secondary N) is 1. The van der Waals surface area contributed by atoms with Crippen molar-refractivity contribution in [2.75, 3.05) is 51.3 Å². The van der Waals surface area contributed by atoms with Gasteiger partial charge in [0, 0.05) is 38.8 Å². The van der Waals surface area contributed by atoms with E-state index in [0.29, 0.717) is 50.2 Å². The van der Waals surface area contributed by atoms with Gasteiger partial charge in [-0.15, -0.1) is 0 Å². The number of carbonyl (C=O) groups is 2. The molecule has 0 bridgehead atoms. The van der Waals surface area contributed by atoms with Crippen molar-refractivity contribution in [3.05, 3.63) is 89.6 Å². The molecule has 3 amide bonds. The Morgan fingerprint density at radius 3 is 2.34 bits per heavy atom.